The molecule has 36 heavy (non-hydrogen) atoms. The lowest BCUT2D eigenvalue weighted by Gasteiger charge is -2.34. The molecule has 3 aliphatic heterocycles. The number of aliphatic imine (C=N–C) groups is 1. The molecule has 188 valence electrons. The Morgan fingerprint density at radius 3 is 2.44 bits per heavy atom. The lowest BCUT2D eigenvalue weighted by molar-refractivity contribution is -0.121. The molecule has 0 aliphatic carbocycles. The Kier molecular flexibility index (Phi) is 7.45. The molecule has 2 saturated heterocycles. The number of hydrogen-bond donors (Lipinski definition) is 1. The molecule has 1 N–H and O–H groups in total. The predicted octanol–water partition coefficient (Wildman–Crippen LogP) is 2.25. The molecule has 4 heterocycles. The minimum absolute atomic E-state index is 0.0476. The molecular formula is C25H29N7O3S. The summed E-state index contributed by atoms with van der Waals surface area (Å²) in [5.41, 5.74) is 1.05. The fourth-order valence-corrected chi connectivity index (χ4v) is 5.70. The second-order valence-electron chi connectivity index (χ2n) is 9.05. The highest BCUT2D eigenvalue weighted by Gasteiger charge is 2.33. The first kappa shape index (κ1) is 24.2. The fraction of sp³-hybridized carbons (Fsp3) is 0.440. The summed E-state index contributed by atoms with van der Waals surface area (Å²) in [4.78, 5) is 56.9. The van der Waals surface area contributed by atoms with Crippen molar-refractivity contribution < 1.29 is 14.4 Å². The number of amidine groups is 1. The number of nitrogens with zero attached hydrogens (tertiary/aromatic N) is 6. The Hall–Kier alpha value is -3.47. The number of likely N-dealkylation sites (tertiary alicyclic amines) is 1. The highest BCUT2D eigenvalue weighted by molar-refractivity contribution is 8.15. The summed E-state index contributed by atoms with van der Waals surface area (Å²) in [7, 11) is 0. The Morgan fingerprint density at radius 2 is 1.69 bits per heavy atom. The Balaban J connectivity index is 1.13. The monoisotopic (exact) mass is 507 g/mol. The predicted molar refractivity (Wildman–Crippen MR) is 139 cm³/mol. The smallest absolute Gasteiger partial charge is 0.262 e. The molecule has 3 amide bonds. The maximum absolute atomic E-state index is 13.1. The molecule has 5 rings (SSSR count). The van der Waals surface area contributed by atoms with Gasteiger partial charge in [0.05, 0.1) is 0 Å². The van der Waals surface area contributed by atoms with Crippen LogP contribution in [0.5, 0.6) is 0 Å². The molecule has 2 aromatic rings. The molecular weight excluding hydrogens is 478 g/mol. The van der Waals surface area contributed by atoms with Crippen LogP contribution in [0.25, 0.3) is 0 Å². The number of carbonyl (C=O) groups excluding carboxylic acids is 3. The number of carbonyl (C=O) groups is 3. The van der Waals surface area contributed by atoms with Crippen molar-refractivity contribution in [3.8, 4) is 0 Å². The molecule has 0 radical (unpaired) electrons. The lowest BCUT2D eigenvalue weighted by atomic mass is 10.1. The molecule has 1 aromatic carbocycles. The van der Waals surface area contributed by atoms with Crippen molar-refractivity contribution in [2.45, 2.75) is 30.9 Å². The molecule has 10 nitrogen and oxygen atoms in total. The third-order valence-corrected chi connectivity index (χ3v) is 7.73. The van der Waals surface area contributed by atoms with E-state index in [0.29, 0.717) is 43.4 Å². The summed E-state index contributed by atoms with van der Waals surface area (Å²) in [6.07, 6.45) is 6.88. The second kappa shape index (κ2) is 11.1. The van der Waals surface area contributed by atoms with Crippen LogP contribution in [0.15, 0.2) is 47.7 Å². The summed E-state index contributed by atoms with van der Waals surface area (Å²) < 4.78 is 0. The van der Waals surface area contributed by atoms with E-state index in [1.165, 1.54) is 18.2 Å². The van der Waals surface area contributed by atoms with Crippen molar-refractivity contribution in [3.05, 3.63) is 48.3 Å². The zero-order valence-corrected chi connectivity index (χ0v) is 20.8. The van der Waals surface area contributed by atoms with E-state index in [0.717, 1.165) is 31.1 Å². The van der Waals surface area contributed by atoms with Gasteiger partial charge in [-0.2, -0.15) is 4.99 Å². The summed E-state index contributed by atoms with van der Waals surface area (Å²) in [5.74, 6) is 0.0687. The largest absolute Gasteiger partial charge is 0.351 e. The van der Waals surface area contributed by atoms with Gasteiger partial charge in [0.2, 0.25) is 11.9 Å². The quantitative estimate of drug-likeness (QED) is 0.656. The van der Waals surface area contributed by atoms with Crippen LogP contribution in [0.2, 0.25) is 0 Å². The van der Waals surface area contributed by atoms with Crippen molar-refractivity contribution in [3.63, 3.8) is 0 Å². The van der Waals surface area contributed by atoms with Gasteiger partial charge >= 0.3 is 0 Å². The Bertz CT molecular complexity index is 1150. The number of aromatic nitrogens is 2. The number of amides is 3. The number of piperidine rings is 1. The highest BCUT2D eigenvalue weighted by atomic mass is 32.2. The van der Waals surface area contributed by atoms with Gasteiger partial charge in [0.1, 0.15) is 5.25 Å². The third kappa shape index (κ3) is 5.67. The summed E-state index contributed by atoms with van der Waals surface area (Å²) in [6, 6.07) is 8.72. The van der Waals surface area contributed by atoms with Gasteiger partial charge in [0, 0.05) is 69.3 Å². The summed E-state index contributed by atoms with van der Waals surface area (Å²) in [6.45, 7) is 4.26. The Morgan fingerprint density at radius 1 is 0.944 bits per heavy atom. The first-order valence-electron chi connectivity index (χ1n) is 12.3. The average Bonchev–Trinajstić information content (AvgIpc) is 3.29. The summed E-state index contributed by atoms with van der Waals surface area (Å²) in [5, 5.41) is 3.08. The van der Waals surface area contributed by atoms with Crippen LogP contribution in [-0.4, -0.2) is 87.2 Å². The molecule has 1 aromatic heterocycles. The van der Waals surface area contributed by atoms with Gasteiger partial charge in [-0.25, -0.2) is 9.97 Å². The van der Waals surface area contributed by atoms with Crippen LogP contribution in [0.1, 0.15) is 36.0 Å². The average molecular weight is 508 g/mol. The zero-order chi connectivity index (χ0) is 24.9. The second-order valence-corrected chi connectivity index (χ2v) is 10.2. The van der Waals surface area contributed by atoms with E-state index < -0.39 is 5.25 Å². The molecule has 3 aliphatic rings. The van der Waals surface area contributed by atoms with Crippen LogP contribution in [0.3, 0.4) is 0 Å². The van der Waals surface area contributed by atoms with E-state index in [1.54, 1.807) is 47.6 Å². The van der Waals surface area contributed by atoms with E-state index in [9.17, 15) is 14.4 Å². The minimum atomic E-state index is -0.503. The number of piperazine rings is 1. The molecule has 0 bridgehead atoms. The van der Waals surface area contributed by atoms with E-state index in [4.69, 9.17) is 0 Å². The van der Waals surface area contributed by atoms with Crippen molar-refractivity contribution >= 4 is 46.3 Å². The van der Waals surface area contributed by atoms with Crippen molar-refractivity contribution in [2.24, 2.45) is 4.99 Å². The minimum Gasteiger partial charge on any atom is -0.351 e. The van der Waals surface area contributed by atoms with E-state index >= 15 is 0 Å². The van der Waals surface area contributed by atoms with Gasteiger partial charge in [-0.15, -0.1) is 0 Å². The van der Waals surface area contributed by atoms with Gasteiger partial charge in [-0.3, -0.25) is 14.4 Å². The molecule has 0 saturated carbocycles. The first-order chi connectivity index (χ1) is 17.6. The first-order valence-corrected chi connectivity index (χ1v) is 13.2. The van der Waals surface area contributed by atoms with Crippen LogP contribution in [0, 0.1) is 0 Å². The van der Waals surface area contributed by atoms with E-state index in [-0.39, 0.29) is 24.1 Å². The standard InChI is InChI=1S/C25H29N7O3S/c33-21(17-20-22(34)29-25(36-20)32-10-2-1-3-11-32)28-19-7-4-6-18(16-19)23(35)30-12-14-31(15-13-30)24-26-8-5-9-27-24/h4-9,16,20H,1-3,10-15,17H2,(H,28,33). The van der Waals surface area contributed by atoms with Crippen molar-refractivity contribution in [1.29, 1.82) is 0 Å². The number of anilines is 2. The van der Waals surface area contributed by atoms with Gasteiger partial charge in [0.25, 0.3) is 11.8 Å². The molecule has 2 fully saturated rings. The molecule has 1 unspecified atom stereocenters. The van der Waals surface area contributed by atoms with Gasteiger partial charge in [-0.05, 0) is 43.5 Å². The maximum atomic E-state index is 13.1. The summed E-state index contributed by atoms with van der Waals surface area (Å²) >= 11 is 1.38. The van der Waals surface area contributed by atoms with Crippen molar-refractivity contribution in [1.82, 2.24) is 19.8 Å². The number of hydrogen-bond acceptors (Lipinski definition) is 8. The van der Waals surface area contributed by atoms with Crippen LogP contribution < -0.4 is 10.2 Å². The van der Waals surface area contributed by atoms with Crippen LogP contribution in [-0.2, 0) is 9.59 Å². The van der Waals surface area contributed by atoms with Crippen LogP contribution in [0.4, 0.5) is 11.6 Å². The van der Waals surface area contributed by atoms with Gasteiger partial charge in [0.15, 0.2) is 5.17 Å². The number of benzene rings is 1. The molecule has 0 spiro atoms. The molecule has 11 heteroatoms. The number of thioether (sulfide) groups is 1. The lowest BCUT2D eigenvalue weighted by Crippen LogP contribution is -2.49. The Labute approximate surface area is 214 Å². The maximum Gasteiger partial charge on any atom is 0.262 e. The van der Waals surface area contributed by atoms with Gasteiger partial charge < -0.3 is 20.0 Å². The fourth-order valence-electron chi connectivity index (χ4n) is 4.59. The van der Waals surface area contributed by atoms with Crippen molar-refractivity contribution in [2.75, 3.05) is 49.5 Å². The topological polar surface area (TPSA) is 111 Å². The highest BCUT2D eigenvalue weighted by Crippen LogP contribution is 2.29. The van der Waals surface area contributed by atoms with Crippen LogP contribution >= 0.6 is 11.8 Å². The van der Waals surface area contributed by atoms with E-state index in [2.05, 4.69) is 30.1 Å². The zero-order valence-electron chi connectivity index (χ0n) is 20.0. The van der Waals surface area contributed by atoms with Gasteiger partial charge in [-0.1, -0.05) is 17.8 Å². The number of rotatable bonds is 5. The third-order valence-electron chi connectivity index (χ3n) is 6.52. The normalized spacial score (nSPS) is 20.3. The number of nitrogens with one attached hydrogen (secondary N) is 1. The molecule has 1 atom stereocenters. The SMILES string of the molecule is O=C(CC1SC(N2CCCCC2)=NC1=O)Nc1cccc(C(=O)N2CCN(c3ncccn3)CC2)c1. The van der Waals surface area contributed by atoms with E-state index in [1.807, 2.05) is 0 Å².